The Kier molecular flexibility index (Phi) is 8.36. The van der Waals surface area contributed by atoms with Crippen LogP contribution in [0.25, 0.3) is 0 Å². The molecule has 186 valence electrons. The van der Waals surface area contributed by atoms with Crippen LogP contribution in [0.15, 0.2) is 54.6 Å². The Morgan fingerprint density at radius 1 is 0.914 bits per heavy atom. The smallest absolute Gasteiger partial charge is 0.260 e. The van der Waals surface area contributed by atoms with E-state index in [-0.39, 0.29) is 36.2 Å². The maximum Gasteiger partial charge on any atom is 0.260 e. The van der Waals surface area contributed by atoms with Gasteiger partial charge < -0.3 is 20.7 Å². The number of nitrogens with one attached hydrogen (secondary N) is 1. The number of anilines is 1. The van der Waals surface area contributed by atoms with Crippen molar-refractivity contribution in [1.82, 2.24) is 9.80 Å². The second-order valence-electron chi connectivity index (χ2n) is 9.42. The first-order valence-corrected chi connectivity index (χ1v) is 12.3. The standard InChI is InChI=1S/C27H34N4O4/c28-26(33)22-5-4-14-30(18-22)17-20-8-10-23(11-9-20)29-27(34)21-12-15-31(16-13-21)25(32)19-35-24-6-2-1-3-7-24/h1-3,6-11,21-22H,4-5,12-19H2,(H2,28,33)(H,29,34)/t22-/m1/s1. The third-order valence-electron chi connectivity index (χ3n) is 6.86. The van der Waals surface area contributed by atoms with Crippen LogP contribution in [-0.2, 0) is 20.9 Å². The minimum absolute atomic E-state index is 0.00778. The molecule has 0 aromatic heterocycles. The Hall–Kier alpha value is -3.39. The highest BCUT2D eigenvalue weighted by Crippen LogP contribution is 2.22. The van der Waals surface area contributed by atoms with E-state index >= 15 is 0 Å². The summed E-state index contributed by atoms with van der Waals surface area (Å²) in [6.45, 7) is 3.54. The molecule has 2 heterocycles. The molecule has 8 heteroatoms. The van der Waals surface area contributed by atoms with Crippen molar-refractivity contribution in [3.8, 4) is 5.75 Å². The lowest BCUT2D eigenvalue weighted by molar-refractivity contribution is -0.136. The number of amides is 3. The summed E-state index contributed by atoms with van der Waals surface area (Å²) in [6, 6.07) is 17.1. The number of primary amides is 1. The molecule has 8 nitrogen and oxygen atoms in total. The quantitative estimate of drug-likeness (QED) is 0.607. The summed E-state index contributed by atoms with van der Waals surface area (Å²) in [5, 5.41) is 3.01. The second-order valence-corrected chi connectivity index (χ2v) is 9.42. The maximum absolute atomic E-state index is 12.8. The molecule has 0 radical (unpaired) electrons. The number of ether oxygens (including phenoxy) is 1. The first-order chi connectivity index (χ1) is 17.0. The molecule has 2 aliphatic rings. The van der Waals surface area contributed by atoms with Crippen LogP contribution in [0.5, 0.6) is 5.75 Å². The van der Waals surface area contributed by atoms with Gasteiger partial charge in [0.15, 0.2) is 6.61 Å². The van der Waals surface area contributed by atoms with Gasteiger partial charge in [0.25, 0.3) is 5.91 Å². The van der Waals surface area contributed by atoms with E-state index in [2.05, 4.69) is 10.2 Å². The summed E-state index contributed by atoms with van der Waals surface area (Å²) in [5.74, 6) is 0.202. The predicted molar refractivity (Wildman–Crippen MR) is 134 cm³/mol. The number of carbonyl (C=O) groups excluding carboxylic acids is 3. The summed E-state index contributed by atoms with van der Waals surface area (Å²) >= 11 is 0. The van der Waals surface area contributed by atoms with E-state index in [9.17, 15) is 14.4 Å². The van der Waals surface area contributed by atoms with Crippen LogP contribution >= 0.6 is 0 Å². The number of para-hydroxylation sites is 1. The predicted octanol–water partition coefficient (Wildman–Crippen LogP) is 2.64. The Bertz CT molecular complexity index is 1000. The van der Waals surface area contributed by atoms with Crippen molar-refractivity contribution in [3.05, 3.63) is 60.2 Å². The van der Waals surface area contributed by atoms with Crippen LogP contribution < -0.4 is 15.8 Å². The highest BCUT2D eigenvalue weighted by Gasteiger charge is 2.28. The van der Waals surface area contributed by atoms with Crippen molar-refractivity contribution < 1.29 is 19.1 Å². The monoisotopic (exact) mass is 478 g/mol. The Morgan fingerprint density at radius 2 is 1.63 bits per heavy atom. The minimum atomic E-state index is -0.219. The van der Waals surface area contributed by atoms with Crippen molar-refractivity contribution in [2.75, 3.05) is 38.1 Å². The second kappa shape index (κ2) is 11.8. The van der Waals surface area contributed by atoms with Crippen molar-refractivity contribution in [2.24, 2.45) is 17.6 Å². The molecular weight excluding hydrogens is 444 g/mol. The number of rotatable bonds is 8. The van der Waals surface area contributed by atoms with E-state index in [1.807, 2.05) is 54.6 Å². The Labute approximate surface area is 206 Å². The maximum atomic E-state index is 12.8. The molecule has 35 heavy (non-hydrogen) atoms. The van der Waals surface area contributed by atoms with Crippen LogP contribution in [0.1, 0.15) is 31.2 Å². The average Bonchev–Trinajstić information content (AvgIpc) is 2.89. The third kappa shape index (κ3) is 7.05. The fourth-order valence-corrected chi connectivity index (χ4v) is 4.77. The zero-order valence-electron chi connectivity index (χ0n) is 20.0. The highest BCUT2D eigenvalue weighted by atomic mass is 16.5. The van der Waals surface area contributed by atoms with Gasteiger partial charge in [-0.05, 0) is 62.1 Å². The molecule has 4 rings (SSSR count). The zero-order valence-corrected chi connectivity index (χ0v) is 20.0. The average molecular weight is 479 g/mol. The van der Waals surface area contributed by atoms with Gasteiger partial charge >= 0.3 is 0 Å². The minimum Gasteiger partial charge on any atom is -0.484 e. The van der Waals surface area contributed by atoms with Crippen LogP contribution in [0.2, 0.25) is 0 Å². The van der Waals surface area contributed by atoms with E-state index in [4.69, 9.17) is 10.5 Å². The van der Waals surface area contributed by atoms with Crippen LogP contribution in [-0.4, -0.2) is 60.3 Å². The number of hydrogen-bond acceptors (Lipinski definition) is 5. The molecule has 2 fully saturated rings. The van der Waals surface area contributed by atoms with Gasteiger partial charge in [-0.25, -0.2) is 0 Å². The lowest BCUT2D eigenvalue weighted by Crippen LogP contribution is -2.43. The van der Waals surface area contributed by atoms with Crippen molar-refractivity contribution in [2.45, 2.75) is 32.2 Å². The highest BCUT2D eigenvalue weighted by molar-refractivity contribution is 5.92. The zero-order chi connectivity index (χ0) is 24.6. The number of likely N-dealkylation sites (tertiary alicyclic amines) is 2. The molecule has 2 saturated heterocycles. The van der Waals surface area contributed by atoms with Crippen LogP contribution in [0.3, 0.4) is 0 Å². The summed E-state index contributed by atoms with van der Waals surface area (Å²) in [7, 11) is 0. The molecule has 2 aliphatic heterocycles. The largest absolute Gasteiger partial charge is 0.484 e. The molecule has 0 saturated carbocycles. The number of nitrogens with two attached hydrogens (primary N) is 1. The van der Waals surface area contributed by atoms with Gasteiger partial charge in [0.2, 0.25) is 11.8 Å². The lowest BCUT2D eigenvalue weighted by atomic mass is 9.95. The number of carbonyl (C=O) groups is 3. The van der Waals surface area contributed by atoms with Gasteiger partial charge in [-0.1, -0.05) is 30.3 Å². The van der Waals surface area contributed by atoms with Gasteiger partial charge in [0.1, 0.15) is 5.75 Å². The Morgan fingerprint density at radius 3 is 2.31 bits per heavy atom. The molecule has 2 aromatic carbocycles. The molecule has 3 amide bonds. The number of nitrogens with zero attached hydrogens (tertiary/aromatic N) is 2. The van der Waals surface area contributed by atoms with Gasteiger partial charge in [0.05, 0.1) is 5.92 Å². The summed E-state index contributed by atoms with van der Waals surface area (Å²) < 4.78 is 5.55. The van der Waals surface area contributed by atoms with E-state index in [0.717, 1.165) is 37.2 Å². The van der Waals surface area contributed by atoms with Crippen molar-refractivity contribution in [1.29, 1.82) is 0 Å². The van der Waals surface area contributed by atoms with Gasteiger partial charge in [-0.3, -0.25) is 19.3 Å². The van der Waals surface area contributed by atoms with E-state index in [1.54, 1.807) is 4.90 Å². The summed E-state index contributed by atoms with van der Waals surface area (Å²) in [6.07, 6.45) is 3.12. The van der Waals surface area contributed by atoms with E-state index in [1.165, 1.54) is 0 Å². The summed E-state index contributed by atoms with van der Waals surface area (Å²) in [4.78, 5) is 40.7. The fraction of sp³-hybridized carbons (Fsp3) is 0.444. The molecule has 0 spiro atoms. The Balaban J connectivity index is 1.19. The lowest BCUT2D eigenvalue weighted by Gasteiger charge is -2.31. The molecule has 1 atom stereocenters. The normalized spacial score (nSPS) is 19.2. The van der Waals surface area contributed by atoms with Gasteiger partial charge in [0, 0.05) is 37.8 Å². The first kappa shape index (κ1) is 24.7. The first-order valence-electron chi connectivity index (χ1n) is 12.3. The van der Waals surface area contributed by atoms with Crippen molar-refractivity contribution >= 4 is 23.4 Å². The summed E-state index contributed by atoms with van der Waals surface area (Å²) in [5.41, 5.74) is 7.38. The molecular formula is C27H34N4O4. The molecule has 2 aromatic rings. The SMILES string of the molecule is NC(=O)[C@@H]1CCCN(Cc2ccc(NC(=O)C3CCN(C(=O)COc4ccccc4)CC3)cc2)C1. The molecule has 3 N–H and O–H groups in total. The molecule has 0 bridgehead atoms. The van der Waals surface area contributed by atoms with Gasteiger partial charge in [-0.15, -0.1) is 0 Å². The topological polar surface area (TPSA) is 105 Å². The number of piperidine rings is 2. The van der Waals surface area contributed by atoms with Crippen LogP contribution in [0.4, 0.5) is 5.69 Å². The van der Waals surface area contributed by atoms with E-state index < -0.39 is 0 Å². The van der Waals surface area contributed by atoms with E-state index in [0.29, 0.717) is 38.2 Å². The van der Waals surface area contributed by atoms with Gasteiger partial charge in [-0.2, -0.15) is 0 Å². The molecule has 0 unspecified atom stereocenters. The number of hydrogen-bond donors (Lipinski definition) is 2. The molecule has 0 aliphatic carbocycles. The van der Waals surface area contributed by atoms with Crippen LogP contribution in [0, 0.1) is 11.8 Å². The number of benzene rings is 2. The van der Waals surface area contributed by atoms with Crippen molar-refractivity contribution in [3.63, 3.8) is 0 Å². The third-order valence-corrected chi connectivity index (χ3v) is 6.86. The fourth-order valence-electron chi connectivity index (χ4n) is 4.77.